The molecule has 0 N–H and O–H groups in total. The van der Waals surface area contributed by atoms with Crippen molar-refractivity contribution < 1.29 is 9.21 Å². The van der Waals surface area contributed by atoms with Crippen molar-refractivity contribution in [3.8, 4) is 0 Å². The number of rotatable bonds is 2. The summed E-state index contributed by atoms with van der Waals surface area (Å²) in [5, 5.41) is 0.846. The number of benzene rings is 2. The van der Waals surface area contributed by atoms with Gasteiger partial charge in [0.2, 0.25) is 5.76 Å². The van der Waals surface area contributed by atoms with Crippen LogP contribution in [0.15, 0.2) is 56.6 Å². The molecule has 1 aliphatic heterocycles. The van der Waals surface area contributed by atoms with Crippen molar-refractivity contribution in [2.75, 3.05) is 13.3 Å². The Labute approximate surface area is 153 Å². The van der Waals surface area contributed by atoms with Gasteiger partial charge in [-0.1, -0.05) is 23.7 Å². The van der Waals surface area contributed by atoms with Crippen molar-refractivity contribution in [1.82, 2.24) is 4.90 Å². The summed E-state index contributed by atoms with van der Waals surface area (Å²) < 4.78 is 5.77. The van der Waals surface area contributed by atoms with Crippen LogP contribution in [0.4, 0.5) is 0 Å². The van der Waals surface area contributed by atoms with E-state index >= 15 is 0 Å². The first-order chi connectivity index (χ1) is 12.0. The molecule has 0 spiro atoms. The van der Waals surface area contributed by atoms with Gasteiger partial charge in [-0.3, -0.25) is 9.59 Å². The Kier molecular flexibility index (Phi) is 3.85. The molecule has 2 heterocycles. The van der Waals surface area contributed by atoms with Gasteiger partial charge in [-0.15, -0.1) is 11.8 Å². The van der Waals surface area contributed by atoms with Gasteiger partial charge in [-0.05, 0) is 42.2 Å². The van der Waals surface area contributed by atoms with Gasteiger partial charge >= 0.3 is 0 Å². The quantitative estimate of drug-likeness (QED) is 0.629. The van der Waals surface area contributed by atoms with E-state index in [0.29, 0.717) is 21.6 Å². The van der Waals surface area contributed by atoms with Crippen LogP contribution in [0.1, 0.15) is 27.7 Å². The normalized spacial score (nSPS) is 16.5. The molecule has 0 saturated carbocycles. The Bertz CT molecular complexity index is 1060. The molecule has 4 rings (SSSR count). The predicted octanol–water partition coefficient (Wildman–Crippen LogP) is 4.34. The van der Waals surface area contributed by atoms with Crippen LogP contribution >= 0.6 is 23.4 Å². The molecular weight excluding hydrogens is 358 g/mol. The molecule has 6 heteroatoms. The Hall–Kier alpha value is -2.24. The standard InChI is InChI=1S/C19H14ClNO3S/c1-21-16(10-3-6-12(25-2)7-4-10)15-17(22)13-9-11(20)5-8-14(13)24-18(15)19(21)23/h3-9,16H,1-2H3. The first-order valence-electron chi connectivity index (χ1n) is 7.68. The SMILES string of the molecule is CSc1ccc(C2c3c(oc4ccc(Cl)cc4c3=O)C(=O)N2C)cc1. The molecule has 1 unspecified atom stereocenters. The molecule has 1 amide bonds. The number of carbonyl (C=O) groups is 1. The number of nitrogens with zero attached hydrogens (tertiary/aromatic N) is 1. The molecule has 2 aromatic carbocycles. The minimum absolute atomic E-state index is 0.112. The van der Waals surface area contributed by atoms with Gasteiger partial charge < -0.3 is 9.32 Å². The molecule has 25 heavy (non-hydrogen) atoms. The third kappa shape index (κ3) is 2.46. The average molecular weight is 372 g/mol. The monoisotopic (exact) mass is 371 g/mol. The van der Waals surface area contributed by atoms with Crippen molar-refractivity contribution in [3.63, 3.8) is 0 Å². The summed E-state index contributed by atoms with van der Waals surface area (Å²) in [6, 6.07) is 12.2. The maximum Gasteiger partial charge on any atom is 0.290 e. The van der Waals surface area contributed by atoms with E-state index in [-0.39, 0.29) is 17.1 Å². The van der Waals surface area contributed by atoms with Crippen molar-refractivity contribution in [2.45, 2.75) is 10.9 Å². The van der Waals surface area contributed by atoms with Gasteiger partial charge in [0.1, 0.15) is 5.58 Å². The maximum atomic E-state index is 13.1. The van der Waals surface area contributed by atoms with Crippen LogP contribution in [0.5, 0.6) is 0 Å². The van der Waals surface area contributed by atoms with E-state index < -0.39 is 6.04 Å². The highest BCUT2D eigenvalue weighted by molar-refractivity contribution is 7.98. The third-order valence-electron chi connectivity index (χ3n) is 4.49. The Morgan fingerprint density at radius 1 is 1.12 bits per heavy atom. The first-order valence-corrected chi connectivity index (χ1v) is 9.29. The molecule has 0 saturated heterocycles. The van der Waals surface area contributed by atoms with E-state index in [4.69, 9.17) is 16.0 Å². The second-order valence-corrected chi connectivity index (χ2v) is 7.22. The summed E-state index contributed by atoms with van der Waals surface area (Å²) in [7, 11) is 1.68. The zero-order valence-corrected chi connectivity index (χ0v) is 15.1. The van der Waals surface area contributed by atoms with E-state index in [9.17, 15) is 9.59 Å². The molecule has 4 nitrogen and oxygen atoms in total. The smallest absolute Gasteiger partial charge is 0.290 e. The van der Waals surface area contributed by atoms with Crippen LogP contribution in [0, 0.1) is 0 Å². The Balaban J connectivity index is 1.98. The molecule has 0 fully saturated rings. The zero-order chi connectivity index (χ0) is 17.7. The summed E-state index contributed by atoms with van der Waals surface area (Å²) in [5.74, 6) is -0.177. The van der Waals surface area contributed by atoms with Crippen LogP contribution in [0.2, 0.25) is 5.02 Å². The highest BCUT2D eigenvalue weighted by Gasteiger charge is 2.40. The second-order valence-electron chi connectivity index (χ2n) is 5.91. The molecule has 1 aromatic heterocycles. The summed E-state index contributed by atoms with van der Waals surface area (Å²) in [6.45, 7) is 0. The average Bonchev–Trinajstić information content (AvgIpc) is 2.88. The highest BCUT2D eigenvalue weighted by atomic mass is 35.5. The molecule has 0 bridgehead atoms. The maximum absolute atomic E-state index is 13.1. The number of fused-ring (bicyclic) bond motifs is 2. The number of carbonyl (C=O) groups excluding carboxylic acids is 1. The predicted molar refractivity (Wildman–Crippen MR) is 99.7 cm³/mol. The lowest BCUT2D eigenvalue weighted by atomic mass is 9.99. The van der Waals surface area contributed by atoms with Crippen LogP contribution < -0.4 is 5.43 Å². The van der Waals surface area contributed by atoms with Crippen LogP contribution in [-0.4, -0.2) is 24.1 Å². The fourth-order valence-electron chi connectivity index (χ4n) is 3.24. The minimum Gasteiger partial charge on any atom is -0.450 e. The van der Waals surface area contributed by atoms with Gasteiger partial charge in [-0.2, -0.15) is 0 Å². The fourth-order valence-corrected chi connectivity index (χ4v) is 3.82. The number of halogens is 1. The molecule has 1 atom stereocenters. The highest BCUT2D eigenvalue weighted by Crippen LogP contribution is 2.37. The van der Waals surface area contributed by atoms with Crippen molar-refractivity contribution in [3.05, 3.63) is 74.6 Å². The Morgan fingerprint density at radius 3 is 2.52 bits per heavy atom. The van der Waals surface area contributed by atoms with Crippen LogP contribution in [-0.2, 0) is 0 Å². The topological polar surface area (TPSA) is 50.5 Å². The summed E-state index contributed by atoms with van der Waals surface area (Å²) in [6.07, 6.45) is 2.00. The van der Waals surface area contributed by atoms with Crippen molar-refractivity contribution in [1.29, 1.82) is 0 Å². The first kappa shape index (κ1) is 16.2. The molecule has 1 aliphatic rings. The molecule has 0 aliphatic carbocycles. The van der Waals surface area contributed by atoms with E-state index in [1.807, 2.05) is 30.5 Å². The molecule has 3 aromatic rings. The lowest BCUT2D eigenvalue weighted by molar-refractivity contribution is 0.0771. The van der Waals surface area contributed by atoms with Gasteiger partial charge in [0.15, 0.2) is 5.43 Å². The molecular formula is C19H14ClNO3S. The third-order valence-corrected chi connectivity index (χ3v) is 5.47. The number of hydrogen-bond donors (Lipinski definition) is 0. The Morgan fingerprint density at radius 2 is 1.84 bits per heavy atom. The summed E-state index contributed by atoms with van der Waals surface area (Å²) in [4.78, 5) is 28.4. The number of hydrogen-bond acceptors (Lipinski definition) is 4. The van der Waals surface area contributed by atoms with Gasteiger partial charge in [0, 0.05) is 17.0 Å². The second kappa shape index (κ2) is 5.93. The summed E-state index contributed by atoms with van der Waals surface area (Å²) >= 11 is 7.66. The van der Waals surface area contributed by atoms with E-state index in [1.165, 1.54) is 0 Å². The summed E-state index contributed by atoms with van der Waals surface area (Å²) in [5.41, 5.74) is 1.41. The fraction of sp³-hybridized carbons (Fsp3) is 0.158. The number of thioether (sulfide) groups is 1. The lowest BCUT2D eigenvalue weighted by Crippen LogP contribution is -2.25. The molecule has 126 valence electrons. The van der Waals surface area contributed by atoms with E-state index in [2.05, 4.69) is 0 Å². The van der Waals surface area contributed by atoms with E-state index in [0.717, 1.165) is 10.5 Å². The van der Waals surface area contributed by atoms with Gasteiger partial charge in [0.05, 0.1) is 17.0 Å². The largest absolute Gasteiger partial charge is 0.450 e. The van der Waals surface area contributed by atoms with Crippen LogP contribution in [0.3, 0.4) is 0 Å². The number of amides is 1. The van der Waals surface area contributed by atoms with Gasteiger partial charge in [-0.25, -0.2) is 0 Å². The van der Waals surface area contributed by atoms with E-state index in [1.54, 1.807) is 41.9 Å². The zero-order valence-electron chi connectivity index (χ0n) is 13.6. The minimum atomic E-state index is -0.460. The van der Waals surface area contributed by atoms with Crippen LogP contribution in [0.25, 0.3) is 11.0 Å². The van der Waals surface area contributed by atoms with Crippen molar-refractivity contribution >= 4 is 40.2 Å². The van der Waals surface area contributed by atoms with Gasteiger partial charge in [0.25, 0.3) is 5.91 Å². The molecule has 0 radical (unpaired) electrons. The lowest BCUT2D eigenvalue weighted by Gasteiger charge is -2.20. The van der Waals surface area contributed by atoms with Crippen molar-refractivity contribution in [2.24, 2.45) is 0 Å².